The Balaban J connectivity index is 2.31. The standard InChI is InChI=1S/C22H23ClN2O4/c1-12(2)11-29-22(28)19-13(3)9-16-20(14(19)4)21(27)25(18(10-26)24-16)17-8-6-5-7-15(17)23/h5-9,12,26H,10-11H2,1-4H3. The van der Waals surface area contributed by atoms with Crippen LogP contribution in [-0.4, -0.2) is 27.2 Å². The Morgan fingerprint density at radius 2 is 1.97 bits per heavy atom. The number of aromatic nitrogens is 2. The van der Waals surface area contributed by atoms with Crippen molar-refractivity contribution in [2.45, 2.75) is 34.3 Å². The third-order valence-corrected chi connectivity index (χ3v) is 4.98. The van der Waals surface area contributed by atoms with E-state index in [0.717, 1.165) is 0 Å². The second kappa shape index (κ2) is 8.35. The van der Waals surface area contributed by atoms with E-state index in [0.29, 0.717) is 44.9 Å². The summed E-state index contributed by atoms with van der Waals surface area (Å²) in [6.45, 7) is 7.25. The molecule has 1 N–H and O–H groups in total. The topological polar surface area (TPSA) is 81.4 Å². The Hall–Kier alpha value is -2.70. The number of aliphatic hydroxyl groups excluding tert-OH is 1. The largest absolute Gasteiger partial charge is 0.462 e. The second-order valence-corrected chi connectivity index (χ2v) is 7.77. The van der Waals surface area contributed by atoms with E-state index in [-0.39, 0.29) is 11.7 Å². The number of aryl methyl sites for hydroxylation is 2. The zero-order valence-corrected chi connectivity index (χ0v) is 17.6. The molecule has 0 unspecified atom stereocenters. The van der Waals surface area contributed by atoms with Crippen LogP contribution >= 0.6 is 11.6 Å². The van der Waals surface area contributed by atoms with E-state index in [1.54, 1.807) is 44.2 Å². The van der Waals surface area contributed by atoms with Gasteiger partial charge in [-0.05, 0) is 49.1 Å². The van der Waals surface area contributed by atoms with E-state index < -0.39 is 18.1 Å². The van der Waals surface area contributed by atoms with Crippen LogP contribution in [0.15, 0.2) is 35.1 Å². The monoisotopic (exact) mass is 414 g/mol. The molecular formula is C22H23ClN2O4. The molecule has 0 radical (unpaired) electrons. The van der Waals surface area contributed by atoms with E-state index >= 15 is 0 Å². The van der Waals surface area contributed by atoms with Crippen LogP contribution in [0.5, 0.6) is 0 Å². The molecule has 0 fully saturated rings. The van der Waals surface area contributed by atoms with Crippen LogP contribution in [0.2, 0.25) is 5.02 Å². The molecule has 7 heteroatoms. The smallest absolute Gasteiger partial charge is 0.338 e. The number of hydrogen-bond donors (Lipinski definition) is 1. The molecule has 0 aliphatic heterocycles. The number of esters is 1. The van der Waals surface area contributed by atoms with Crippen molar-refractivity contribution >= 4 is 28.5 Å². The number of carbonyl (C=O) groups excluding carboxylic acids is 1. The molecule has 0 aliphatic carbocycles. The Morgan fingerprint density at radius 3 is 2.59 bits per heavy atom. The fraction of sp³-hybridized carbons (Fsp3) is 0.318. The van der Waals surface area contributed by atoms with Crippen molar-refractivity contribution in [3.05, 3.63) is 68.2 Å². The average Bonchev–Trinajstić information content (AvgIpc) is 2.66. The summed E-state index contributed by atoms with van der Waals surface area (Å²) in [5, 5.41) is 10.5. The zero-order chi connectivity index (χ0) is 21.3. The van der Waals surface area contributed by atoms with Crippen LogP contribution in [0.25, 0.3) is 16.6 Å². The van der Waals surface area contributed by atoms with Crippen LogP contribution in [0.3, 0.4) is 0 Å². The van der Waals surface area contributed by atoms with E-state index in [9.17, 15) is 14.7 Å². The Morgan fingerprint density at radius 1 is 1.28 bits per heavy atom. The van der Waals surface area contributed by atoms with Gasteiger partial charge in [-0.3, -0.25) is 9.36 Å². The average molecular weight is 415 g/mol. The number of ether oxygens (including phenoxy) is 1. The van der Waals surface area contributed by atoms with Gasteiger partial charge in [0, 0.05) is 0 Å². The first kappa shape index (κ1) is 21.0. The molecule has 2 aromatic carbocycles. The Bertz CT molecular complexity index is 1150. The van der Waals surface area contributed by atoms with Crippen LogP contribution in [0.1, 0.15) is 41.2 Å². The molecule has 6 nitrogen and oxygen atoms in total. The van der Waals surface area contributed by atoms with Gasteiger partial charge < -0.3 is 9.84 Å². The van der Waals surface area contributed by atoms with Crippen LogP contribution in [-0.2, 0) is 11.3 Å². The van der Waals surface area contributed by atoms with E-state index in [1.165, 1.54) is 4.57 Å². The molecule has 3 aromatic rings. The van der Waals surface area contributed by atoms with E-state index in [4.69, 9.17) is 16.3 Å². The van der Waals surface area contributed by atoms with Crippen molar-refractivity contribution in [1.82, 2.24) is 9.55 Å². The summed E-state index contributed by atoms with van der Waals surface area (Å²) in [4.78, 5) is 30.6. The minimum Gasteiger partial charge on any atom is -0.462 e. The predicted octanol–water partition coefficient (Wildman–Crippen LogP) is 3.96. The predicted molar refractivity (Wildman–Crippen MR) is 113 cm³/mol. The summed E-state index contributed by atoms with van der Waals surface area (Å²) in [6.07, 6.45) is 0. The van der Waals surface area contributed by atoms with Gasteiger partial charge in [0.2, 0.25) is 0 Å². The molecule has 1 heterocycles. The number of nitrogens with zero attached hydrogens (tertiary/aromatic N) is 2. The third-order valence-electron chi connectivity index (χ3n) is 4.66. The molecule has 0 saturated carbocycles. The van der Waals surface area contributed by atoms with Crippen LogP contribution < -0.4 is 5.56 Å². The van der Waals surface area contributed by atoms with Gasteiger partial charge >= 0.3 is 5.97 Å². The van der Waals surface area contributed by atoms with E-state index in [2.05, 4.69) is 4.98 Å². The molecule has 0 bridgehead atoms. The molecule has 3 rings (SSSR count). The maximum atomic E-state index is 13.4. The van der Waals surface area contributed by atoms with Gasteiger partial charge in [0.1, 0.15) is 12.4 Å². The van der Waals surface area contributed by atoms with Crippen molar-refractivity contribution in [3.63, 3.8) is 0 Å². The molecule has 0 atom stereocenters. The first-order chi connectivity index (χ1) is 13.8. The minimum atomic E-state index is -0.467. The summed E-state index contributed by atoms with van der Waals surface area (Å²) in [6, 6.07) is 8.51. The lowest BCUT2D eigenvalue weighted by Crippen LogP contribution is -2.26. The van der Waals surface area contributed by atoms with Gasteiger partial charge in [-0.2, -0.15) is 0 Å². The second-order valence-electron chi connectivity index (χ2n) is 7.36. The summed E-state index contributed by atoms with van der Waals surface area (Å²) >= 11 is 6.29. The third kappa shape index (κ3) is 3.91. The molecule has 0 amide bonds. The normalized spacial score (nSPS) is 11.3. The van der Waals surface area contributed by atoms with Crippen molar-refractivity contribution < 1.29 is 14.6 Å². The fourth-order valence-electron chi connectivity index (χ4n) is 3.35. The number of fused-ring (bicyclic) bond motifs is 1. The molecular weight excluding hydrogens is 392 g/mol. The zero-order valence-electron chi connectivity index (χ0n) is 16.8. The molecule has 0 saturated heterocycles. The van der Waals surface area contributed by atoms with Gasteiger partial charge in [0.25, 0.3) is 5.56 Å². The first-order valence-corrected chi connectivity index (χ1v) is 9.72. The van der Waals surface area contributed by atoms with Crippen LogP contribution in [0.4, 0.5) is 0 Å². The molecule has 1 aromatic heterocycles. The number of aliphatic hydroxyl groups is 1. The van der Waals surface area contributed by atoms with Crippen molar-refractivity contribution in [1.29, 1.82) is 0 Å². The molecule has 152 valence electrons. The number of halogens is 1. The number of hydrogen-bond acceptors (Lipinski definition) is 5. The number of rotatable bonds is 5. The highest BCUT2D eigenvalue weighted by molar-refractivity contribution is 6.32. The van der Waals surface area contributed by atoms with Gasteiger partial charge in [0.05, 0.1) is 33.8 Å². The highest BCUT2D eigenvalue weighted by Gasteiger charge is 2.22. The summed E-state index contributed by atoms with van der Waals surface area (Å²) in [7, 11) is 0. The summed E-state index contributed by atoms with van der Waals surface area (Å²) in [5.41, 5.74) is 1.95. The van der Waals surface area contributed by atoms with E-state index in [1.807, 2.05) is 13.8 Å². The van der Waals surface area contributed by atoms with Gasteiger partial charge in [-0.1, -0.05) is 37.6 Å². The highest BCUT2D eigenvalue weighted by atomic mass is 35.5. The number of para-hydroxylation sites is 1. The Kier molecular flexibility index (Phi) is 6.05. The number of benzene rings is 2. The van der Waals surface area contributed by atoms with Gasteiger partial charge in [-0.25, -0.2) is 9.78 Å². The maximum absolute atomic E-state index is 13.4. The SMILES string of the molecule is Cc1cc2nc(CO)n(-c3ccccc3Cl)c(=O)c2c(C)c1C(=O)OCC(C)C. The minimum absolute atomic E-state index is 0.171. The van der Waals surface area contributed by atoms with Crippen LogP contribution in [0, 0.1) is 19.8 Å². The molecule has 29 heavy (non-hydrogen) atoms. The summed E-state index contributed by atoms with van der Waals surface area (Å²) in [5.74, 6) is -0.0960. The lowest BCUT2D eigenvalue weighted by Gasteiger charge is -2.17. The molecule has 0 spiro atoms. The van der Waals surface area contributed by atoms with Gasteiger partial charge in [0.15, 0.2) is 0 Å². The lowest BCUT2D eigenvalue weighted by atomic mass is 9.98. The summed E-state index contributed by atoms with van der Waals surface area (Å²) < 4.78 is 6.68. The molecule has 0 aliphatic rings. The highest BCUT2D eigenvalue weighted by Crippen LogP contribution is 2.26. The fourth-order valence-corrected chi connectivity index (χ4v) is 3.57. The van der Waals surface area contributed by atoms with Crippen molar-refractivity contribution in [2.75, 3.05) is 6.61 Å². The van der Waals surface area contributed by atoms with Crippen molar-refractivity contribution in [2.24, 2.45) is 5.92 Å². The maximum Gasteiger partial charge on any atom is 0.338 e. The lowest BCUT2D eigenvalue weighted by molar-refractivity contribution is 0.0457. The van der Waals surface area contributed by atoms with Crippen molar-refractivity contribution in [3.8, 4) is 5.69 Å². The quantitative estimate of drug-likeness (QED) is 0.639. The Labute approximate surface area is 173 Å². The van der Waals surface area contributed by atoms with Gasteiger partial charge in [-0.15, -0.1) is 0 Å². The first-order valence-electron chi connectivity index (χ1n) is 9.35. The number of carbonyl (C=O) groups is 1.